The number of allylic oxidation sites excluding steroid dienone is 5. The second kappa shape index (κ2) is 3.25. The van der Waals surface area contributed by atoms with Gasteiger partial charge in [0.2, 0.25) is 0 Å². The van der Waals surface area contributed by atoms with Crippen molar-refractivity contribution in [2.75, 3.05) is 0 Å². The third kappa shape index (κ3) is 1.76. The minimum atomic E-state index is 0.889. The van der Waals surface area contributed by atoms with Gasteiger partial charge in [-0.3, -0.25) is 0 Å². The first kappa shape index (κ1) is 7.13. The molecule has 0 aliphatic heterocycles. The molecule has 10 heavy (non-hydrogen) atoms. The molecule has 0 spiro atoms. The van der Waals surface area contributed by atoms with E-state index in [2.05, 4.69) is 25.2 Å². The Balaban J connectivity index is 2.75. The third-order valence-electron chi connectivity index (χ3n) is 1.61. The number of hydrogen-bond acceptors (Lipinski definition) is 1. The summed E-state index contributed by atoms with van der Waals surface area (Å²) < 4.78 is 0. The summed E-state index contributed by atoms with van der Waals surface area (Å²) >= 11 is 0. The normalized spacial score (nSPS) is 17.7. The first-order valence-corrected chi connectivity index (χ1v) is 3.64. The Hall–Kier alpha value is -0.980. The zero-order valence-corrected chi connectivity index (χ0v) is 6.30. The SMILES string of the molecule is CCC1=CC=C(N)CC=C1. The first-order valence-electron chi connectivity index (χ1n) is 3.64. The average molecular weight is 135 g/mol. The van der Waals surface area contributed by atoms with Gasteiger partial charge in [-0.2, -0.15) is 0 Å². The van der Waals surface area contributed by atoms with Gasteiger partial charge in [-0.1, -0.05) is 25.2 Å². The molecule has 0 heterocycles. The van der Waals surface area contributed by atoms with Crippen LogP contribution in [-0.4, -0.2) is 0 Å². The fourth-order valence-electron chi connectivity index (χ4n) is 0.920. The van der Waals surface area contributed by atoms with E-state index in [-0.39, 0.29) is 0 Å². The quantitative estimate of drug-likeness (QED) is 0.585. The van der Waals surface area contributed by atoms with Gasteiger partial charge in [-0.05, 0) is 18.1 Å². The van der Waals surface area contributed by atoms with Gasteiger partial charge in [0.15, 0.2) is 0 Å². The van der Waals surface area contributed by atoms with E-state index in [1.165, 1.54) is 5.57 Å². The molecular formula is C9H13N. The monoisotopic (exact) mass is 135 g/mol. The van der Waals surface area contributed by atoms with Crippen molar-refractivity contribution in [3.63, 3.8) is 0 Å². The average Bonchev–Trinajstić information content (AvgIpc) is 2.14. The highest BCUT2D eigenvalue weighted by Crippen LogP contribution is 2.09. The van der Waals surface area contributed by atoms with Crippen LogP contribution >= 0.6 is 0 Å². The van der Waals surface area contributed by atoms with Gasteiger partial charge < -0.3 is 5.73 Å². The van der Waals surface area contributed by atoms with Gasteiger partial charge in [0.05, 0.1) is 0 Å². The van der Waals surface area contributed by atoms with Gasteiger partial charge in [0.25, 0.3) is 0 Å². The van der Waals surface area contributed by atoms with Gasteiger partial charge in [0, 0.05) is 12.1 Å². The predicted octanol–water partition coefficient (Wildman–Crippen LogP) is 2.13. The maximum Gasteiger partial charge on any atom is 0.0119 e. The summed E-state index contributed by atoms with van der Waals surface area (Å²) in [4.78, 5) is 0. The van der Waals surface area contributed by atoms with Crippen molar-refractivity contribution in [3.8, 4) is 0 Å². The summed E-state index contributed by atoms with van der Waals surface area (Å²) in [5.74, 6) is 0. The van der Waals surface area contributed by atoms with Crippen LogP contribution < -0.4 is 5.73 Å². The summed E-state index contributed by atoms with van der Waals surface area (Å²) in [6.07, 6.45) is 10.3. The fraction of sp³-hybridized carbons (Fsp3) is 0.333. The minimum Gasteiger partial charge on any atom is -0.402 e. The molecule has 2 N–H and O–H groups in total. The van der Waals surface area contributed by atoms with Crippen LogP contribution in [-0.2, 0) is 0 Å². The van der Waals surface area contributed by atoms with Gasteiger partial charge in [-0.25, -0.2) is 0 Å². The fourth-order valence-corrected chi connectivity index (χ4v) is 0.920. The molecule has 0 radical (unpaired) electrons. The molecule has 1 rings (SSSR count). The van der Waals surface area contributed by atoms with Crippen molar-refractivity contribution in [2.24, 2.45) is 5.73 Å². The molecular weight excluding hydrogens is 122 g/mol. The lowest BCUT2D eigenvalue weighted by atomic mass is 10.2. The molecule has 0 atom stereocenters. The van der Waals surface area contributed by atoms with Gasteiger partial charge >= 0.3 is 0 Å². The Morgan fingerprint density at radius 1 is 1.50 bits per heavy atom. The molecule has 1 aliphatic rings. The summed E-state index contributed by atoms with van der Waals surface area (Å²) in [5, 5.41) is 0. The van der Waals surface area contributed by atoms with Crippen molar-refractivity contribution in [3.05, 3.63) is 35.6 Å². The van der Waals surface area contributed by atoms with Crippen molar-refractivity contribution >= 4 is 0 Å². The molecule has 0 bridgehead atoms. The molecule has 0 saturated carbocycles. The molecule has 0 amide bonds. The Labute approximate surface area is 61.9 Å². The number of rotatable bonds is 1. The van der Waals surface area contributed by atoms with E-state index in [0.717, 1.165) is 18.5 Å². The molecule has 0 saturated heterocycles. The molecule has 1 nitrogen and oxygen atoms in total. The molecule has 0 aromatic carbocycles. The molecule has 0 unspecified atom stereocenters. The maximum absolute atomic E-state index is 5.62. The summed E-state index contributed by atoms with van der Waals surface area (Å²) in [6, 6.07) is 0. The zero-order chi connectivity index (χ0) is 7.40. The standard InChI is InChI=1S/C9H13N/c1-2-8-4-3-5-9(10)7-6-8/h3-4,6-7H,2,5,10H2,1H3. The summed E-state index contributed by atoms with van der Waals surface area (Å²) in [5.41, 5.74) is 7.91. The van der Waals surface area contributed by atoms with Crippen LogP contribution in [0.15, 0.2) is 35.6 Å². The third-order valence-corrected chi connectivity index (χ3v) is 1.61. The lowest BCUT2D eigenvalue weighted by Crippen LogP contribution is -1.92. The van der Waals surface area contributed by atoms with Crippen LogP contribution in [0.3, 0.4) is 0 Å². The smallest absolute Gasteiger partial charge is 0.0119 e. The van der Waals surface area contributed by atoms with Gasteiger partial charge in [0.1, 0.15) is 0 Å². The van der Waals surface area contributed by atoms with Crippen LogP contribution in [0.25, 0.3) is 0 Å². The van der Waals surface area contributed by atoms with Crippen LogP contribution in [0.1, 0.15) is 19.8 Å². The van der Waals surface area contributed by atoms with Crippen LogP contribution in [0.2, 0.25) is 0 Å². The van der Waals surface area contributed by atoms with Crippen LogP contribution in [0.4, 0.5) is 0 Å². The topological polar surface area (TPSA) is 26.0 Å². The Kier molecular flexibility index (Phi) is 2.32. The summed E-state index contributed by atoms with van der Waals surface area (Å²) in [6.45, 7) is 2.14. The molecule has 0 fully saturated rings. The summed E-state index contributed by atoms with van der Waals surface area (Å²) in [7, 11) is 0. The van der Waals surface area contributed by atoms with E-state index in [4.69, 9.17) is 5.73 Å². The molecule has 1 aliphatic carbocycles. The van der Waals surface area contributed by atoms with Crippen molar-refractivity contribution < 1.29 is 0 Å². The second-order valence-corrected chi connectivity index (χ2v) is 2.44. The maximum atomic E-state index is 5.62. The van der Waals surface area contributed by atoms with Crippen LogP contribution in [0, 0.1) is 0 Å². The van der Waals surface area contributed by atoms with Crippen molar-refractivity contribution in [1.82, 2.24) is 0 Å². The van der Waals surface area contributed by atoms with Crippen LogP contribution in [0.5, 0.6) is 0 Å². The van der Waals surface area contributed by atoms with Gasteiger partial charge in [-0.15, -0.1) is 0 Å². The second-order valence-electron chi connectivity index (χ2n) is 2.44. The Morgan fingerprint density at radius 2 is 2.30 bits per heavy atom. The van der Waals surface area contributed by atoms with Crippen molar-refractivity contribution in [1.29, 1.82) is 0 Å². The Morgan fingerprint density at radius 3 is 3.00 bits per heavy atom. The zero-order valence-electron chi connectivity index (χ0n) is 6.30. The Bertz CT molecular complexity index is 197. The van der Waals surface area contributed by atoms with E-state index < -0.39 is 0 Å². The molecule has 0 aromatic rings. The largest absolute Gasteiger partial charge is 0.402 e. The van der Waals surface area contributed by atoms with E-state index in [1.54, 1.807) is 0 Å². The highest BCUT2D eigenvalue weighted by atomic mass is 14.6. The highest BCUT2D eigenvalue weighted by molar-refractivity contribution is 5.29. The molecule has 0 aromatic heterocycles. The highest BCUT2D eigenvalue weighted by Gasteiger charge is 1.92. The lowest BCUT2D eigenvalue weighted by Gasteiger charge is -1.89. The van der Waals surface area contributed by atoms with E-state index >= 15 is 0 Å². The van der Waals surface area contributed by atoms with Crippen molar-refractivity contribution in [2.45, 2.75) is 19.8 Å². The first-order chi connectivity index (χ1) is 4.83. The minimum absolute atomic E-state index is 0.889. The lowest BCUT2D eigenvalue weighted by molar-refractivity contribution is 1.14. The number of nitrogens with two attached hydrogens (primary N) is 1. The van der Waals surface area contributed by atoms with E-state index in [9.17, 15) is 0 Å². The van der Waals surface area contributed by atoms with E-state index in [1.807, 2.05) is 6.08 Å². The molecule has 1 heteroatoms. The number of hydrogen-bond donors (Lipinski definition) is 1. The molecule has 54 valence electrons. The van der Waals surface area contributed by atoms with E-state index in [0.29, 0.717) is 0 Å². The predicted molar refractivity (Wildman–Crippen MR) is 44.4 cm³/mol.